The molecule has 0 amide bonds. The van der Waals surface area contributed by atoms with E-state index in [0.29, 0.717) is 22.9 Å². The highest BCUT2D eigenvalue weighted by molar-refractivity contribution is 7.14. The molecule has 0 fully saturated rings. The number of rotatable bonds is 4. The minimum Gasteiger partial charge on any atom is -0.467 e. The van der Waals surface area contributed by atoms with Gasteiger partial charge in [-0.15, -0.1) is 11.3 Å². The third kappa shape index (κ3) is 2.70. The maximum Gasteiger partial charge on any atom is 0.183 e. The number of aromatic nitrogens is 1. The van der Waals surface area contributed by atoms with E-state index in [-0.39, 0.29) is 0 Å². The second-order valence-corrected chi connectivity index (χ2v) is 4.96. The number of thiazole rings is 1. The van der Waals surface area contributed by atoms with Gasteiger partial charge in [0.2, 0.25) is 0 Å². The maximum atomic E-state index is 13.2. The Morgan fingerprint density at radius 1 is 1.20 bits per heavy atom. The fourth-order valence-electron chi connectivity index (χ4n) is 1.72. The van der Waals surface area contributed by atoms with Crippen molar-refractivity contribution in [2.24, 2.45) is 0 Å². The van der Waals surface area contributed by atoms with Gasteiger partial charge in [0.15, 0.2) is 16.8 Å². The summed E-state index contributed by atoms with van der Waals surface area (Å²) in [5.41, 5.74) is 1.15. The van der Waals surface area contributed by atoms with Crippen LogP contribution in [0.25, 0.3) is 11.3 Å². The zero-order chi connectivity index (χ0) is 13.9. The van der Waals surface area contributed by atoms with Gasteiger partial charge in [-0.05, 0) is 30.3 Å². The lowest BCUT2D eigenvalue weighted by Gasteiger charge is -1.99. The maximum absolute atomic E-state index is 13.2. The van der Waals surface area contributed by atoms with E-state index < -0.39 is 11.6 Å². The molecule has 102 valence electrons. The van der Waals surface area contributed by atoms with E-state index in [2.05, 4.69) is 10.3 Å². The molecule has 3 aromatic rings. The summed E-state index contributed by atoms with van der Waals surface area (Å²) < 4.78 is 31.3. The molecule has 1 aromatic carbocycles. The summed E-state index contributed by atoms with van der Waals surface area (Å²) in [6.45, 7) is 0.526. The highest BCUT2D eigenvalue weighted by Gasteiger charge is 2.08. The van der Waals surface area contributed by atoms with Crippen molar-refractivity contribution in [3.63, 3.8) is 0 Å². The number of nitrogens with one attached hydrogen (secondary N) is 1. The van der Waals surface area contributed by atoms with E-state index in [4.69, 9.17) is 4.42 Å². The minimum absolute atomic E-state index is 0.526. The molecule has 0 aliphatic rings. The van der Waals surface area contributed by atoms with E-state index in [9.17, 15) is 8.78 Å². The summed E-state index contributed by atoms with van der Waals surface area (Å²) in [5, 5.41) is 5.59. The van der Waals surface area contributed by atoms with Crippen LogP contribution in [0.2, 0.25) is 0 Å². The van der Waals surface area contributed by atoms with Crippen molar-refractivity contribution in [3.05, 3.63) is 59.4 Å². The summed E-state index contributed by atoms with van der Waals surface area (Å²) in [6, 6.07) is 7.41. The summed E-state index contributed by atoms with van der Waals surface area (Å²) in [5.74, 6) is -0.935. The number of hydrogen-bond donors (Lipinski definition) is 1. The molecule has 0 aliphatic heterocycles. The number of anilines is 1. The predicted octanol–water partition coefficient (Wildman–Crippen LogP) is 4.29. The molecule has 0 spiro atoms. The Labute approximate surface area is 117 Å². The first-order valence-electron chi connectivity index (χ1n) is 5.89. The fourth-order valence-corrected chi connectivity index (χ4v) is 2.44. The van der Waals surface area contributed by atoms with Crippen molar-refractivity contribution < 1.29 is 13.2 Å². The van der Waals surface area contributed by atoms with Gasteiger partial charge in [-0.2, -0.15) is 0 Å². The molecule has 20 heavy (non-hydrogen) atoms. The van der Waals surface area contributed by atoms with Crippen LogP contribution in [0.1, 0.15) is 5.76 Å². The van der Waals surface area contributed by atoms with Crippen LogP contribution >= 0.6 is 11.3 Å². The van der Waals surface area contributed by atoms with Crippen LogP contribution in [-0.4, -0.2) is 4.98 Å². The van der Waals surface area contributed by atoms with Gasteiger partial charge in [-0.1, -0.05) is 0 Å². The Hall–Kier alpha value is -2.21. The average Bonchev–Trinajstić information content (AvgIpc) is 3.10. The molecule has 0 radical (unpaired) electrons. The van der Waals surface area contributed by atoms with Gasteiger partial charge in [0.25, 0.3) is 0 Å². The number of hydrogen-bond acceptors (Lipinski definition) is 4. The predicted molar refractivity (Wildman–Crippen MR) is 73.5 cm³/mol. The average molecular weight is 292 g/mol. The molecule has 2 aromatic heterocycles. The highest BCUT2D eigenvalue weighted by Crippen LogP contribution is 2.26. The number of benzene rings is 1. The second kappa shape index (κ2) is 5.42. The smallest absolute Gasteiger partial charge is 0.183 e. The van der Waals surface area contributed by atoms with Crippen molar-refractivity contribution in [2.45, 2.75) is 6.54 Å². The van der Waals surface area contributed by atoms with Crippen LogP contribution in [0.3, 0.4) is 0 Å². The monoisotopic (exact) mass is 292 g/mol. The molecule has 0 aliphatic carbocycles. The minimum atomic E-state index is -0.874. The van der Waals surface area contributed by atoms with Crippen LogP contribution in [-0.2, 0) is 6.54 Å². The summed E-state index contributed by atoms with van der Waals surface area (Å²) >= 11 is 1.40. The molecule has 6 heteroatoms. The lowest BCUT2D eigenvalue weighted by molar-refractivity contribution is 0.509. The van der Waals surface area contributed by atoms with E-state index in [0.717, 1.165) is 17.9 Å². The zero-order valence-corrected chi connectivity index (χ0v) is 11.1. The zero-order valence-electron chi connectivity index (χ0n) is 10.3. The molecule has 1 N–H and O–H groups in total. The van der Waals surface area contributed by atoms with Crippen LogP contribution in [0.4, 0.5) is 13.9 Å². The number of halogens is 2. The van der Waals surface area contributed by atoms with E-state index in [1.165, 1.54) is 17.4 Å². The van der Waals surface area contributed by atoms with E-state index >= 15 is 0 Å². The van der Waals surface area contributed by atoms with E-state index in [1.807, 2.05) is 12.1 Å². The molecule has 0 bridgehead atoms. The van der Waals surface area contributed by atoms with Crippen molar-refractivity contribution in [1.82, 2.24) is 4.98 Å². The third-order valence-corrected chi connectivity index (χ3v) is 3.51. The molecule has 0 atom stereocenters. The van der Waals surface area contributed by atoms with Gasteiger partial charge in [0, 0.05) is 10.9 Å². The summed E-state index contributed by atoms with van der Waals surface area (Å²) in [7, 11) is 0. The van der Waals surface area contributed by atoms with Gasteiger partial charge in [-0.25, -0.2) is 13.8 Å². The van der Waals surface area contributed by atoms with Gasteiger partial charge in [-0.3, -0.25) is 0 Å². The summed E-state index contributed by atoms with van der Waals surface area (Å²) in [6.07, 6.45) is 1.60. The first kappa shape index (κ1) is 12.8. The van der Waals surface area contributed by atoms with Crippen LogP contribution in [0, 0.1) is 11.6 Å². The third-order valence-electron chi connectivity index (χ3n) is 2.71. The Balaban J connectivity index is 1.74. The lowest BCUT2D eigenvalue weighted by Crippen LogP contribution is -1.97. The molecule has 0 unspecified atom stereocenters. The molecule has 3 rings (SSSR count). The quantitative estimate of drug-likeness (QED) is 0.779. The largest absolute Gasteiger partial charge is 0.467 e. The number of furan rings is 1. The van der Waals surface area contributed by atoms with Gasteiger partial charge in [0.1, 0.15) is 5.76 Å². The van der Waals surface area contributed by atoms with Crippen LogP contribution in [0.15, 0.2) is 46.4 Å². The molecular formula is C14H10F2N2OS. The van der Waals surface area contributed by atoms with Crippen molar-refractivity contribution in [3.8, 4) is 11.3 Å². The Bertz CT molecular complexity index is 710. The van der Waals surface area contributed by atoms with Gasteiger partial charge >= 0.3 is 0 Å². The van der Waals surface area contributed by atoms with Crippen LogP contribution in [0.5, 0.6) is 0 Å². The fraction of sp³-hybridized carbons (Fsp3) is 0.0714. The van der Waals surface area contributed by atoms with Gasteiger partial charge in [0.05, 0.1) is 18.5 Å². The lowest BCUT2D eigenvalue weighted by atomic mass is 10.2. The molecular weight excluding hydrogens is 282 g/mol. The highest BCUT2D eigenvalue weighted by atomic mass is 32.1. The summed E-state index contributed by atoms with van der Waals surface area (Å²) in [4.78, 5) is 4.33. The van der Waals surface area contributed by atoms with Crippen molar-refractivity contribution in [1.29, 1.82) is 0 Å². The SMILES string of the molecule is Fc1ccc(-c2csc(NCc3ccco3)n2)cc1F. The van der Waals surface area contributed by atoms with Crippen molar-refractivity contribution >= 4 is 16.5 Å². The second-order valence-electron chi connectivity index (χ2n) is 4.10. The first-order chi connectivity index (χ1) is 9.72. The molecule has 3 nitrogen and oxygen atoms in total. The van der Waals surface area contributed by atoms with Crippen LogP contribution < -0.4 is 5.32 Å². The van der Waals surface area contributed by atoms with Crippen molar-refractivity contribution in [2.75, 3.05) is 5.32 Å². The normalized spacial score (nSPS) is 10.7. The van der Waals surface area contributed by atoms with E-state index in [1.54, 1.807) is 11.6 Å². The molecule has 0 saturated carbocycles. The molecule has 2 heterocycles. The molecule has 0 saturated heterocycles. The Morgan fingerprint density at radius 3 is 2.85 bits per heavy atom. The first-order valence-corrected chi connectivity index (χ1v) is 6.77. The Morgan fingerprint density at radius 2 is 2.10 bits per heavy atom. The standard InChI is InChI=1S/C14H10F2N2OS/c15-11-4-3-9(6-12(11)16)13-8-20-14(18-13)17-7-10-2-1-5-19-10/h1-6,8H,7H2,(H,17,18). The topological polar surface area (TPSA) is 38.1 Å². The number of nitrogens with zero attached hydrogens (tertiary/aromatic N) is 1. The Kier molecular flexibility index (Phi) is 3.47. The van der Waals surface area contributed by atoms with Gasteiger partial charge < -0.3 is 9.73 Å².